The molecular formula is C18H27NO4. The maximum Gasteiger partial charge on any atom is 0.415 e. The Labute approximate surface area is 138 Å². The van der Waals surface area contributed by atoms with E-state index in [-0.39, 0.29) is 11.9 Å². The molecule has 2 rings (SSSR count). The summed E-state index contributed by atoms with van der Waals surface area (Å²) in [5.74, 6) is 0.533. The molecule has 1 aromatic rings. The Morgan fingerprint density at radius 3 is 2.39 bits per heavy atom. The molecule has 23 heavy (non-hydrogen) atoms. The number of ether oxygens (including phenoxy) is 2. The minimum atomic E-state index is -0.572. The fraction of sp³-hybridized carbons (Fsp3) is 0.556. The minimum Gasteiger partial charge on any atom is -0.487 e. The van der Waals surface area contributed by atoms with Gasteiger partial charge < -0.3 is 9.47 Å². The quantitative estimate of drug-likeness (QED) is 0.718. The van der Waals surface area contributed by atoms with Crippen molar-refractivity contribution in [1.29, 1.82) is 0 Å². The first-order valence-electron chi connectivity index (χ1n) is 7.99. The van der Waals surface area contributed by atoms with Crippen molar-refractivity contribution in [2.24, 2.45) is 0 Å². The summed E-state index contributed by atoms with van der Waals surface area (Å²) in [5.41, 5.74) is 0.548. The van der Waals surface area contributed by atoms with Crippen LogP contribution in [0.15, 0.2) is 18.2 Å². The van der Waals surface area contributed by atoms with Crippen LogP contribution in [-0.4, -0.2) is 30.1 Å². The predicted molar refractivity (Wildman–Crippen MR) is 91.5 cm³/mol. The maximum atomic E-state index is 12.4. The van der Waals surface area contributed by atoms with Crippen molar-refractivity contribution in [3.63, 3.8) is 0 Å². The molecule has 1 aliphatic heterocycles. The number of ketones is 1. The van der Waals surface area contributed by atoms with Crippen LogP contribution in [0.25, 0.3) is 0 Å². The van der Waals surface area contributed by atoms with Gasteiger partial charge in [-0.1, -0.05) is 13.8 Å². The lowest BCUT2D eigenvalue weighted by atomic mass is 10.1. The molecule has 0 saturated heterocycles. The average molecular weight is 321 g/mol. The molecule has 0 aliphatic carbocycles. The second-order valence-electron chi connectivity index (χ2n) is 6.26. The average Bonchev–Trinajstić information content (AvgIpc) is 2.46. The number of carbonyl (C=O) groups is 2. The molecule has 1 atom stereocenters. The Morgan fingerprint density at radius 1 is 1.26 bits per heavy atom. The van der Waals surface area contributed by atoms with Crippen molar-refractivity contribution in [2.45, 2.75) is 60.2 Å². The molecule has 5 nitrogen and oxygen atoms in total. The number of benzene rings is 1. The zero-order valence-electron chi connectivity index (χ0n) is 15.1. The van der Waals surface area contributed by atoms with Gasteiger partial charge in [-0.2, -0.15) is 0 Å². The van der Waals surface area contributed by atoms with E-state index in [0.29, 0.717) is 23.5 Å². The molecule has 1 aromatic carbocycles. The van der Waals surface area contributed by atoms with Crippen molar-refractivity contribution >= 4 is 17.6 Å². The van der Waals surface area contributed by atoms with Gasteiger partial charge in [-0.25, -0.2) is 4.79 Å². The Balaban J connectivity index is 0.00000127. The van der Waals surface area contributed by atoms with E-state index in [1.54, 1.807) is 18.2 Å². The van der Waals surface area contributed by atoms with Crippen LogP contribution in [0.5, 0.6) is 5.75 Å². The number of carbonyl (C=O) groups excluding carboxylic acids is 2. The molecule has 0 fully saturated rings. The van der Waals surface area contributed by atoms with E-state index in [1.807, 2.05) is 41.5 Å². The van der Waals surface area contributed by atoms with Crippen LogP contribution in [0.2, 0.25) is 0 Å². The summed E-state index contributed by atoms with van der Waals surface area (Å²) in [6.07, 6.45) is -0.562. The first-order valence-corrected chi connectivity index (χ1v) is 7.99. The third kappa shape index (κ3) is 4.98. The van der Waals surface area contributed by atoms with Gasteiger partial charge >= 0.3 is 6.09 Å². The summed E-state index contributed by atoms with van der Waals surface area (Å²) in [7, 11) is 0. The highest BCUT2D eigenvalue weighted by Crippen LogP contribution is 2.35. The van der Waals surface area contributed by atoms with Crippen LogP contribution in [0, 0.1) is 0 Å². The van der Waals surface area contributed by atoms with Gasteiger partial charge in [0, 0.05) is 5.56 Å². The molecule has 0 bridgehead atoms. The van der Waals surface area contributed by atoms with Gasteiger partial charge in [0.1, 0.15) is 17.5 Å². The highest BCUT2D eigenvalue weighted by Gasteiger charge is 2.31. The van der Waals surface area contributed by atoms with E-state index in [0.717, 1.165) is 0 Å². The van der Waals surface area contributed by atoms with E-state index in [9.17, 15) is 9.59 Å². The van der Waals surface area contributed by atoms with Crippen LogP contribution in [-0.2, 0) is 4.74 Å². The lowest BCUT2D eigenvalue weighted by Crippen LogP contribution is -2.44. The summed E-state index contributed by atoms with van der Waals surface area (Å²) in [5, 5.41) is 0. The first kappa shape index (κ1) is 19.0. The number of hydrogen-bond acceptors (Lipinski definition) is 4. The zero-order valence-corrected chi connectivity index (χ0v) is 15.1. The third-order valence-electron chi connectivity index (χ3n) is 3.04. The monoisotopic (exact) mass is 321 g/mol. The standard InChI is InChI=1S/C16H21NO4.C2H6/c1-10-9-17(15(19)21-16(3,4)5)13-8-12(11(2)18)6-7-14(13)20-10;1-2/h6-8,10H,9H2,1-5H3;1-2H3. The summed E-state index contributed by atoms with van der Waals surface area (Å²) >= 11 is 0. The molecule has 0 spiro atoms. The SMILES string of the molecule is CC.CC(=O)c1ccc2c(c1)N(C(=O)OC(C)(C)C)CC(C)O2. The lowest BCUT2D eigenvalue weighted by molar-refractivity contribution is 0.0551. The maximum absolute atomic E-state index is 12.4. The number of nitrogens with zero attached hydrogens (tertiary/aromatic N) is 1. The molecular weight excluding hydrogens is 294 g/mol. The van der Waals surface area contributed by atoms with Gasteiger partial charge in [-0.05, 0) is 52.8 Å². The van der Waals surface area contributed by atoms with Crippen LogP contribution in [0.1, 0.15) is 58.8 Å². The van der Waals surface area contributed by atoms with E-state index >= 15 is 0 Å². The molecule has 0 aromatic heterocycles. The van der Waals surface area contributed by atoms with Crippen molar-refractivity contribution in [3.05, 3.63) is 23.8 Å². The summed E-state index contributed by atoms with van der Waals surface area (Å²) < 4.78 is 11.1. The molecule has 1 amide bonds. The first-order chi connectivity index (χ1) is 10.7. The van der Waals surface area contributed by atoms with Crippen molar-refractivity contribution < 1.29 is 19.1 Å². The molecule has 1 unspecified atom stereocenters. The minimum absolute atomic E-state index is 0.0550. The molecule has 5 heteroatoms. The van der Waals surface area contributed by atoms with E-state index in [1.165, 1.54) is 11.8 Å². The van der Waals surface area contributed by atoms with Crippen LogP contribution >= 0.6 is 0 Å². The van der Waals surface area contributed by atoms with Crippen molar-refractivity contribution in [3.8, 4) is 5.75 Å². The van der Waals surface area contributed by atoms with E-state index < -0.39 is 11.7 Å². The summed E-state index contributed by atoms with van der Waals surface area (Å²) in [6.45, 7) is 13.2. The second kappa shape index (κ2) is 7.49. The number of anilines is 1. The van der Waals surface area contributed by atoms with Gasteiger partial charge in [-0.15, -0.1) is 0 Å². The number of hydrogen-bond donors (Lipinski definition) is 0. The summed E-state index contributed by atoms with van der Waals surface area (Å²) in [4.78, 5) is 25.4. The van der Waals surface area contributed by atoms with Gasteiger partial charge in [-0.3, -0.25) is 9.69 Å². The number of Topliss-reactive ketones (excluding diaryl/α,β-unsaturated/α-hetero) is 1. The molecule has 1 heterocycles. The third-order valence-corrected chi connectivity index (χ3v) is 3.04. The van der Waals surface area contributed by atoms with Crippen LogP contribution in [0.4, 0.5) is 10.5 Å². The Bertz CT molecular complexity index is 575. The van der Waals surface area contributed by atoms with E-state index in [4.69, 9.17) is 9.47 Å². The highest BCUT2D eigenvalue weighted by molar-refractivity contribution is 5.98. The summed E-state index contributed by atoms with van der Waals surface area (Å²) in [6, 6.07) is 5.10. The van der Waals surface area contributed by atoms with Gasteiger partial charge in [0.2, 0.25) is 0 Å². The topological polar surface area (TPSA) is 55.8 Å². The fourth-order valence-electron chi connectivity index (χ4n) is 2.15. The fourth-order valence-corrected chi connectivity index (χ4v) is 2.15. The molecule has 0 saturated carbocycles. The molecule has 1 aliphatic rings. The molecule has 128 valence electrons. The number of amides is 1. The van der Waals surface area contributed by atoms with Crippen molar-refractivity contribution in [2.75, 3.05) is 11.4 Å². The Kier molecular flexibility index (Phi) is 6.19. The van der Waals surface area contributed by atoms with E-state index in [2.05, 4.69) is 0 Å². The normalized spacial score (nSPS) is 16.5. The Hall–Kier alpha value is -2.04. The lowest BCUT2D eigenvalue weighted by Gasteiger charge is -2.34. The predicted octanol–water partition coefficient (Wildman–Crippen LogP) is 4.44. The van der Waals surface area contributed by atoms with Gasteiger partial charge in [0.25, 0.3) is 0 Å². The highest BCUT2D eigenvalue weighted by atomic mass is 16.6. The number of rotatable bonds is 1. The molecule has 0 N–H and O–H groups in total. The second-order valence-corrected chi connectivity index (χ2v) is 6.26. The zero-order chi connectivity index (χ0) is 17.8. The van der Waals surface area contributed by atoms with Crippen LogP contribution < -0.4 is 9.64 Å². The van der Waals surface area contributed by atoms with Crippen molar-refractivity contribution in [1.82, 2.24) is 0 Å². The molecule has 0 radical (unpaired) electrons. The van der Waals surface area contributed by atoms with Gasteiger partial charge in [0.15, 0.2) is 5.78 Å². The van der Waals surface area contributed by atoms with Gasteiger partial charge in [0.05, 0.1) is 12.2 Å². The largest absolute Gasteiger partial charge is 0.487 e. The smallest absolute Gasteiger partial charge is 0.415 e. The number of fused-ring (bicyclic) bond motifs is 1. The van der Waals surface area contributed by atoms with Crippen LogP contribution in [0.3, 0.4) is 0 Å². The Morgan fingerprint density at radius 2 is 1.87 bits per heavy atom.